The highest BCUT2D eigenvalue weighted by atomic mass is 19.3. The highest BCUT2D eigenvalue weighted by Crippen LogP contribution is 2.25. The number of hydrogen-bond acceptors (Lipinski definition) is 4. The molecule has 1 rings (SSSR count). The quantitative estimate of drug-likeness (QED) is 0.747. The molecule has 0 saturated carbocycles. The molecule has 128 valence electrons. The molecule has 0 heterocycles. The van der Waals surface area contributed by atoms with Gasteiger partial charge in [0, 0.05) is 12.8 Å². The van der Waals surface area contributed by atoms with Gasteiger partial charge in [-0.3, -0.25) is 4.79 Å². The number of amides is 1. The zero-order chi connectivity index (χ0) is 17.7. The Hall–Kier alpha value is -2.02. The number of carbonyl (C=O) groups is 2. The number of benzene rings is 1. The summed E-state index contributed by atoms with van der Waals surface area (Å²) in [4.78, 5) is 23.9. The van der Waals surface area contributed by atoms with Gasteiger partial charge in [-0.25, -0.2) is 13.6 Å². The fourth-order valence-corrected chi connectivity index (χ4v) is 2.18. The summed E-state index contributed by atoms with van der Waals surface area (Å²) in [6, 6.07) is 7.75. The number of aliphatic hydroxyl groups is 1. The molecule has 0 unspecified atom stereocenters. The topological polar surface area (TPSA) is 75.6 Å². The van der Waals surface area contributed by atoms with E-state index in [1.165, 1.54) is 0 Å². The fourth-order valence-electron chi connectivity index (χ4n) is 2.18. The number of esters is 1. The Labute approximate surface area is 133 Å². The average molecular weight is 329 g/mol. The fraction of sp³-hybridized carbons (Fsp3) is 0.500. The molecule has 1 aromatic carbocycles. The van der Waals surface area contributed by atoms with E-state index in [-0.39, 0.29) is 6.42 Å². The average Bonchev–Trinajstić information content (AvgIpc) is 2.44. The van der Waals surface area contributed by atoms with Crippen LogP contribution in [0.5, 0.6) is 0 Å². The monoisotopic (exact) mass is 329 g/mol. The Balaban J connectivity index is 2.85. The van der Waals surface area contributed by atoms with Crippen molar-refractivity contribution in [1.29, 1.82) is 0 Å². The van der Waals surface area contributed by atoms with E-state index in [2.05, 4.69) is 10.1 Å². The van der Waals surface area contributed by atoms with Crippen LogP contribution in [0.15, 0.2) is 30.3 Å². The first-order valence-electron chi connectivity index (χ1n) is 7.08. The van der Waals surface area contributed by atoms with Crippen LogP contribution in [0.1, 0.15) is 25.8 Å². The molecule has 0 aliphatic heterocycles. The van der Waals surface area contributed by atoms with Crippen LogP contribution in [0.2, 0.25) is 0 Å². The number of rotatable bonds is 7. The van der Waals surface area contributed by atoms with E-state index in [1.54, 1.807) is 30.3 Å². The van der Waals surface area contributed by atoms with Gasteiger partial charge < -0.3 is 15.2 Å². The molecule has 0 aliphatic rings. The van der Waals surface area contributed by atoms with E-state index in [1.807, 2.05) is 0 Å². The van der Waals surface area contributed by atoms with Gasteiger partial charge in [0.2, 0.25) is 5.92 Å². The largest absolute Gasteiger partial charge is 0.467 e. The maximum atomic E-state index is 13.1. The molecule has 0 bridgehead atoms. The van der Waals surface area contributed by atoms with Crippen molar-refractivity contribution in [3.8, 4) is 0 Å². The van der Waals surface area contributed by atoms with Crippen LogP contribution in [-0.4, -0.2) is 41.7 Å². The Morgan fingerprint density at radius 3 is 2.30 bits per heavy atom. The molecule has 0 aromatic heterocycles. The summed E-state index contributed by atoms with van der Waals surface area (Å²) >= 11 is 0. The van der Waals surface area contributed by atoms with Gasteiger partial charge in [0.15, 0.2) is 0 Å². The number of ether oxygens (including phenoxy) is 1. The first-order chi connectivity index (χ1) is 10.5. The zero-order valence-corrected chi connectivity index (χ0v) is 13.3. The SMILES string of the molecule is COC(=O)[C@H](Cc1ccccc1)NC(=O)[C@@](C)(O)CC(C)(F)F. The summed E-state index contributed by atoms with van der Waals surface area (Å²) in [6.07, 6.45) is -0.928. The first kappa shape index (κ1) is 19.0. The number of hydrogen-bond donors (Lipinski definition) is 2. The molecule has 23 heavy (non-hydrogen) atoms. The Bertz CT molecular complexity index is 541. The van der Waals surface area contributed by atoms with Crippen LogP contribution >= 0.6 is 0 Å². The van der Waals surface area contributed by atoms with E-state index in [9.17, 15) is 23.5 Å². The molecule has 5 nitrogen and oxygen atoms in total. The van der Waals surface area contributed by atoms with Crippen LogP contribution in [0.4, 0.5) is 8.78 Å². The number of carbonyl (C=O) groups excluding carboxylic acids is 2. The van der Waals surface area contributed by atoms with Crippen molar-refractivity contribution in [3.63, 3.8) is 0 Å². The van der Waals surface area contributed by atoms with Gasteiger partial charge in [-0.1, -0.05) is 30.3 Å². The normalized spacial score (nSPS) is 15.4. The Morgan fingerprint density at radius 2 is 1.83 bits per heavy atom. The predicted octanol–water partition coefficient (Wildman–Crippen LogP) is 1.68. The van der Waals surface area contributed by atoms with Crippen molar-refractivity contribution < 1.29 is 28.2 Å². The molecule has 0 saturated heterocycles. The molecule has 0 aliphatic carbocycles. The molecule has 0 radical (unpaired) electrons. The van der Waals surface area contributed by atoms with E-state index >= 15 is 0 Å². The molecule has 1 amide bonds. The van der Waals surface area contributed by atoms with Crippen LogP contribution in [0, 0.1) is 0 Å². The van der Waals surface area contributed by atoms with Gasteiger partial charge >= 0.3 is 5.97 Å². The van der Waals surface area contributed by atoms with Gasteiger partial charge in [-0.05, 0) is 19.4 Å². The molecular weight excluding hydrogens is 308 g/mol. The lowest BCUT2D eigenvalue weighted by Gasteiger charge is -2.27. The van der Waals surface area contributed by atoms with Crippen LogP contribution in [0.25, 0.3) is 0 Å². The predicted molar refractivity (Wildman–Crippen MR) is 80.0 cm³/mol. The second kappa shape index (κ2) is 7.50. The zero-order valence-electron chi connectivity index (χ0n) is 13.3. The van der Waals surface area contributed by atoms with Gasteiger partial charge in [-0.15, -0.1) is 0 Å². The standard InChI is InChI=1S/C16H21F2NO4/c1-15(22,10-16(2,17)18)14(21)19-12(13(20)23-3)9-11-7-5-4-6-8-11/h4-8,12,22H,9-10H2,1-3H3,(H,19,21)/t12-,15-/m0/s1. The number of alkyl halides is 2. The third kappa shape index (κ3) is 6.32. The van der Waals surface area contributed by atoms with Crippen LogP contribution < -0.4 is 5.32 Å². The van der Waals surface area contributed by atoms with E-state index in [0.29, 0.717) is 6.92 Å². The highest BCUT2D eigenvalue weighted by Gasteiger charge is 2.41. The van der Waals surface area contributed by atoms with E-state index in [4.69, 9.17) is 0 Å². The summed E-state index contributed by atoms with van der Waals surface area (Å²) in [5, 5.41) is 12.2. The molecular formula is C16H21F2NO4. The van der Waals surface area contributed by atoms with Crippen molar-refractivity contribution in [3.05, 3.63) is 35.9 Å². The Kier molecular flexibility index (Phi) is 6.20. The van der Waals surface area contributed by atoms with E-state index < -0.39 is 35.9 Å². The molecule has 1 aromatic rings. The third-order valence-electron chi connectivity index (χ3n) is 3.22. The lowest BCUT2D eigenvalue weighted by Crippen LogP contribution is -2.53. The van der Waals surface area contributed by atoms with Crippen molar-refractivity contribution in [2.24, 2.45) is 0 Å². The van der Waals surface area contributed by atoms with Crippen molar-refractivity contribution in [1.82, 2.24) is 5.32 Å². The molecule has 0 fully saturated rings. The smallest absolute Gasteiger partial charge is 0.328 e. The summed E-state index contributed by atoms with van der Waals surface area (Å²) in [7, 11) is 1.16. The maximum absolute atomic E-state index is 13.1. The minimum Gasteiger partial charge on any atom is -0.467 e. The van der Waals surface area contributed by atoms with Crippen molar-refractivity contribution >= 4 is 11.9 Å². The summed E-state index contributed by atoms with van der Waals surface area (Å²) in [5.74, 6) is -4.99. The minimum absolute atomic E-state index is 0.123. The third-order valence-corrected chi connectivity index (χ3v) is 3.22. The maximum Gasteiger partial charge on any atom is 0.328 e. The molecule has 7 heteroatoms. The lowest BCUT2D eigenvalue weighted by atomic mass is 9.96. The van der Waals surface area contributed by atoms with Crippen molar-refractivity contribution in [2.45, 2.75) is 44.3 Å². The minimum atomic E-state index is -3.22. The van der Waals surface area contributed by atoms with Crippen LogP contribution in [-0.2, 0) is 20.7 Å². The van der Waals surface area contributed by atoms with Gasteiger partial charge in [-0.2, -0.15) is 0 Å². The summed E-state index contributed by atoms with van der Waals surface area (Å²) < 4.78 is 30.7. The second-order valence-corrected chi connectivity index (χ2v) is 5.76. The molecule has 2 N–H and O–H groups in total. The summed E-state index contributed by atoms with van der Waals surface area (Å²) in [6.45, 7) is 1.59. The molecule has 0 spiro atoms. The van der Waals surface area contributed by atoms with Gasteiger partial charge in [0.1, 0.15) is 11.6 Å². The van der Waals surface area contributed by atoms with Gasteiger partial charge in [0.25, 0.3) is 5.91 Å². The number of methoxy groups -OCH3 is 1. The van der Waals surface area contributed by atoms with Crippen molar-refractivity contribution in [2.75, 3.05) is 7.11 Å². The second-order valence-electron chi connectivity index (χ2n) is 5.76. The summed E-state index contributed by atoms with van der Waals surface area (Å²) in [5.41, 5.74) is -1.55. The lowest BCUT2D eigenvalue weighted by molar-refractivity contribution is -0.153. The van der Waals surface area contributed by atoms with E-state index in [0.717, 1.165) is 19.6 Å². The molecule has 2 atom stereocenters. The van der Waals surface area contributed by atoms with Crippen LogP contribution in [0.3, 0.4) is 0 Å². The number of halogens is 2. The highest BCUT2D eigenvalue weighted by molar-refractivity contribution is 5.89. The number of nitrogens with one attached hydrogen (secondary N) is 1. The first-order valence-corrected chi connectivity index (χ1v) is 7.08. The van der Waals surface area contributed by atoms with Gasteiger partial charge in [0.05, 0.1) is 7.11 Å². The Morgan fingerprint density at radius 1 is 1.26 bits per heavy atom.